The smallest absolute Gasteiger partial charge is 0.493 e. The first-order valence-corrected chi connectivity index (χ1v) is 19.9. The number of aliphatic hydroxyl groups is 1. The molecule has 3 aliphatic rings. The molecular weight excluding hydrogens is 770 g/mol. The summed E-state index contributed by atoms with van der Waals surface area (Å²) in [5.41, 5.74) is 0.561. The van der Waals surface area contributed by atoms with Crippen LogP contribution in [-0.2, 0) is 35.4 Å². The van der Waals surface area contributed by atoms with Crippen molar-refractivity contribution < 1.29 is 65.9 Å². The number of non-ortho nitro benzene ring substituents is 1. The van der Waals surface area contributed by atoms with Gasteiger partial charge in [-0.25, -0.2) is 18.0 Å². The summed E-state index contributed by atoms with van der Waals surface area (Å²) < 4.78 is 72.6. The van der Waals surface area contributed by atoms with E-state index >= 15 is 0 Å². The van der Waals surface area contributed by atoms with Gasteiger partial charge in [-0.1, -0.05) is 26.0 Å². The third-order valence-electron chi connectivity index (χ3n) is 9.36. The molecule has 0 spiro atoms. The molecule has 3 aromatic carbocycles. The highest BCUT2D eigenvalue weighted by Gasteiger charge is 2.44. The van der Waals surface area contributed by atoms with Gasteiger partial charge < -0.3 is 48.3 Å². The maximum Gasteiger partial charge on any atom is 0.513 e. The molecule has 0 saturated carbocycles. The number of nitrogens with one attached hydrogen (secondary N) is 1. The first-order chi connectivity index (χ1) is 27.3. The van der Waals surface area contributed by atoms with Gasteiger partial charge in [0.25, 0.3) is 5.69 Å². The van der Waals surface area contributed by atoms with Crippen LogP contribution in [0.5, 0.6) is 23.0 Å². The highest BCUT2D eigenvalue weighted by atomic mass is 32.2. The highest BCUT2D eigenvalue weighted by Crippen LogP contribution is 2.35. The molecule has 0 aromatic heterocycles. The van der Waals surface area contributed by atoms with E-state index in [4.69, 9.17) is 37.9 Å². The number of rotatable bonds is 18. The van der Waals surface area contributed by atoms with Crippen molar-refractivity contribution in [1.29, 1.82) is 0 Å². The fourth-order valence-corrected chi connectivity index (χ4v) is 8.13. The third kappa shape index (κ3) is 11.0. The number of carbonyl (C=O) groups excluding carboxylic acids is 2. The van der Waals surface area contributed by atoms with Crippen LogP contribution in [0.3, 0.4) is 0 Å². The number of alkyl carbamates (subject to hydrolysis) is 1. The van der Waals surface area contributed by atoms with Gasteiger partial charge >= 0.3 is 12.2 Å². The number of aliphatic hydroxyl groups excluding tert-OH is 1. The minimum Gasteiger partial charge on any atom is -0.493 e. The van der Waals surface area contributed by atoms with Crippen molar-refractivity contribution in [3.63, 3.8) is 0 Å². The number of hydrogen-bond donors (Lipinski definition) is 2. The Hall–Kier alpha value is -5.21. The minimum atomic E-state index is -4.13. The summed E-state index contributed by atoms with van der Waals surface area (Å²) in [6.45, 7) is 4.31. The predicted molar refractivity (Wildman–Crippen MR) is 198 cm³/mol. The van der Waals surface area contributed by atoms with E-state index in [0.29, 0.717) is 42.3 Å². The molecule has 6 rings (SSSR count). The third-order valence-corrected chi connectivity index (χ3v) is 11.2. The van der Waals surface area contributed by atoms with Crippen molar-refractivity contribution in [3.8, 4) is 23.0 Å². The second-order valence-corrected chi connectivity index (χ2v) is 16.0. The Kier molecular flexibility index (Phi) is 13.7. The number of nitro benzene ring substituents is 1. The predicted octanol–water partition coefficient (Wildman–Crippen LogP) is 4.41. The van der Waals surface area contributed by atoms with E-state index in [-0.39, 0.29) is 74.3 Å². The summed E-state index contributed by atoms with van der Waals surface area (Å²) in [5.74, 6) is 1.13. The van der Waals surface area contributed by atoms with E-state index in [1.807, 2.05) is 13.8 Å². The van der Waals surface area contributed by atoms with Crippen LogP contribution in [0, 0.1) is 22.0 Å². The number of nitrogens with zero attached hydrogens (tertiary/aromatic N) is 2. The Bertz CT molecular complexity index is 1960. The van der Waals surface area contributed by atoms with Crippen LogP contribution in [0.25, 0.3) is 0 Å². The molecule has 1 amide bonds. The fraction of sp³-hybridized carbons (Fsp3) is 0.474. The second-order valence-electron chi connectivity index (χ2n) is 14.0. The van der Waals surface area contributed by atoms with Gasteiger partial charge in [-0.3, -0.25) is 10.1 Å². The quantitative estimate of drug-likeness (QED) is 0.0597. The number of amides is 1. The minimum absolute atomic E-state index is 0.00907. The number of nitro groups is 1. The van der Waals surface area contributed by atoms with E-state index in [9.17, 15) is 33.2 Å². The lowest BCUT2D eigenvalue weighted by Gasteiger charge is -2.31. The number of fused-ring (bicyclic) bond motifs is 2. The van der Waals surface area contributed by atoms with Crippen molar-refractivity contribution in [2.45, 2.75) is 62.5 Å². The topological polar surface area (TPSA) is 221 Å². The first kappa shape index (κ1) is 41.4. The van der Waals surface area contributed by atoms with Gasteiger partial charge in [0.2, 0.25) is 16.8 Å². The number of benzene rings is 3. The zero-order valence-corrected chi connectivity index (χ0v) is 32.2. The van der Waals surface area contributed by atoms with Gasteiger partial charge in [-0.05, 0) is 60.7 Å². The van der Waals surface area contributed by atoms with Crippen LogP contribution >= 0.6 is 0 Å². The number of sulfonamides is 1. The zero-order chi connectivity index (χ0) is 40.5. The van der Waals surface area contributed by atoms with Crippen molar-refractivity contribution >= 4 is 28.0 Å². The molecule has 3 aromatic rings. The lowest BCUT2D eigenvalue weighted by molar-refractivity contribution is -0.384. The summed E-state index contributed by atoms with van der Waals surface area (Å²) >= 11 is 0. The molecule has 3 heterocycles. The zero-order valence-electron chi connectivity index (χ0n) is 31.4. The van der Waals surface area contributed by atoms with Crippen molar-refractivity contribution in [1.82, 2.24) is 9.62 Å². The lowest BCUT2D eigenvalue weighted by atomic mass is 10.0. The molecule has 5 atom stereocenters. The standard InChI is InChI=1S/C38H45N3O15S/c1-24(2)20-40(57(47,48)29-12-13-33-34(19-29)54-23-53-33)21-32(42)31(39-37(43)56-35-22-52-36-30(35)14-17-50-36)18-25-4-8-27(9-5-25)49-15-3-16-51-38(44)55-28-10-6-26(7-11-28)41(45)46/h4-13,19,24,30-32,35-36,42H,3,14-18,20-23H2,1-2H3,(H,39,43)/t30-,31-,32+,35-,36+/m0/s1. The van der Waals surface area contributed by atoms with Gasteiger partial charge in [0.05, 0.1) is 54.3 Å². The molecule has 19 heteroatoms. The monoisotopic (exact) mass is 815 g/mol. The van der Waals surface area contributed by atoms with Crippen LogP contribution in [0.2, 0.25) is 0 Å². The SMILES string of the molecule is CC(C)CN(C[C@@H](O)[C@H](Cc1ccc(OCCCOC(=O)Oc2ccc([N+](=O)[O-])cc2)cc1)NC(=O)O[C@H]1CO[C@H]2OCC[C@H]21)S(=O)(=O)c1ccc2c(c1)OCO2. The van der Waals surface area contributed by atoms with E-state index in [1.165, 1.54) is 46.8 Å². The Labute approximate surface area is 329 Å². The van der Waals surface area contributed by atoms with Gasteiger partial charge in [0.1, 0.15) is 17.6 Å². The molecule has 18 nitrogen and oxygen atoms in total. The van der Waals surface area contributed by atoms with E-state index in [0.717, 1.165) is 0 Å². The molecule has 0 unspecified atom stereocenters. The van der Waals surface area contributed by atoms with E-state index < -0.39 is 51.7 Å². The number of ether oxygens (including phenoxy) is 8. The Morgan fingerprint density at radius 2 is 1.72 bits per heavy atom. The number of hydrogen-bond acceptors (Lipinski definition) is 15. The fourth-order valence-electron chi connectivity index (χ4n) is 6.50. The van der Waals surface area contributed by atoms with Crippen molar-refractivity contribution in [2.24, 2.45) is 11.8 Å². The average Bonchev–Trinajstić information content (AvgIpc) is 3.94. The van der Waals surface area contributed by atoms with Crippen LogP contribution in [0.15, 0.2) is 71.6 Å². The molecule has 0 aliphatic carbocycles. The van der Waals surface area contributed by atoms with E-state index in [1.54, 1.807) is 24.3 Å². The normalized spacial score (nSPS) is 19.5. The molecular formula is C38H45N3O15S. The molecule has 0 radical (unpaired) electrons. The maximum atomic E-state index is 14.0. The van der Waals surface area contributed by atoms with E-state index in [2.05, 4.69) is 5.32 Å². The van der Waals surface area contributed by atoms with Gasteiger partial charge in [-0.2, -0.15) is 4.31 Å². The number of carbonyl (C=O) groups is 2. The largest absolute Gasteiger partial charge is 0.513 e. The molecule has 2 N–H and O–H groups in total. The van der Waals surface area contributed by atoms with Crippen molar-refractivity contribution in [3.05, 3.63) is 82.4 Å². The average molecular weight is 816 g/mol. The molecule has 3 aliphatic heterocycles. The maximum absolute atomic E-state index is 14.0. The van der Waals surface area contributed by atoms with Crippen LogP contribution in [0.1, 0.15) is 32.3 Å². The molecule has 2 fully saturated rings. The van der Waals surface area contributed by atoms with Gasteiger partial charge in [0.15, 0.2) is 17.8 Å². The summed E-state index contributed by atoms with van der Waals surface area (Å²) in [4.78, 5) is 35.5. The Morgan fingerprint density at radius 1 is 0.982 bits per heavy atom. The van der Waals surface area contributed by atoms with Gasteiger partial charge in [0, 0.05) is 37.7 Å². The summed E-state index contributed by atoms with van der Waals surface area (Å²) in [6, 6.07) is 15.3. The Balaban J connectivity index is 1.06. The van der Waals surface area contributed by atoms with Gasteiger partial charge in [-0.15, -0.1) is 0 Å². The molecule has 57 heavy (non-hydrogen) atoms. The lowest BCUT2D eigenvalue weighted by Crippen LogP contribution is -2.51. The van der Waals surface area contributed by atoms with Crippen LogP contribution in [0.4, 0.5) is 15.3 Å². The molecule has 2 saturated heterocycles. The summed E-state index contributed by atoms with van der Waals surface area (Å²) in [7, 11) is -4.13. The Morgan fingerprint density at radius 3 is 2.46 bits per heavy atom. The van der Waals surface area contributed by atoms with Crippen LogP contribution < -0.4 is 24.3 Å². The molecule has 308 valence electrons. The second kappa shape index (κ2) is 18.8. The van der Waals surface area contributed by atoms with Crippen LogP contribution in [-0.4, -0.2) is 106 Å². The highest BCUT2D eigenvalue weighted by molar-refractivity contribution is 7.89. The van der Waals surface area contributed by atoms with Crippen molar-refractivity contribution in [2.75, 3.05) is 46.3 Å². The molecule has 0 bridgehead atoms. The summed E-state index contributed by atoms with van der Waals surface area (Å²) in [6.07, 6.45) is -2.98. The first-order valence-electron chi connectivity index (χ1n) is 18.4. The summed E-state index contributed by atoms with van der Waals surface area (Å²) in [5, 5.41) is 25.3.